The number of hydrogen-bond acceptors (Lipinski definition) is 1. The second kappa shape index (κ2) is 7.72. The quantitative estimate of drug-likeness (QED) is 0.757. The van der Waals surface area contributed by atoms with Gasteiger partial charge in [-0.25, -0.2) is 0 Å². The van der Waals surface area contributed by atoms with Crippen molar-refractivity contribution < 1.29 is 0 Å². The van der Waals surface area contributed by atoms with Crippen LogP contribution in [0.5, 0.6) is 0 Å². The molecule has 0 atom stereocenters. The lowest BCUT2D eigenvalue weighted by molar-refractivity contribution is 0.146. The summed E-state index contributed by atoms with van der Waals surface area (Å²) in [5.74, 6) is 0. The van der Waals surface area contributed by atoms with Gasteiger partial charge in [-0.1, -0.05) is 54.6 Å². The summed E-state index contributed by atoms with van der Waals surface area (Å²) in [7, 11) is 0. The van der Waals surface area contributed by atoms with E-state index in [4.69, 9.17) is 0 Å². The number of likely N-dealkylation sites (tertiary alicyclic amines) is 1. The lowest BCUT2D eigenvalue weighted by atomic mass is 9.65. The Morgan fingerprint density at radius 3 is 2.33 bits per heavy atom. The minimum atomic E-state index is 0. The fourth-order valence-electron chi connectivity index (χ4n) is 4.66. The van der Waals surface area contributed by atoms with Crippen LogP contribution in [0.3, 0.4) is 0 Å². The van der Waals surface area contributed by atoms with Crippen molar-refractivity contribution in [1.29, 1.82) is 0 Å². The molecule has 0 N–H and O–H groups in total. The van der Waals surface area contributed by atoms with E-state index in [-0.39, 0.29) is 12.4 Å². The molecule has 0 bridgehead atoms. The van der Waals surface area contributed by atoms with E-state index < -0.39 is 0 Å². The van der Waals surface area contributed by atoms with Crippen LogP contribution in [0.1, 0.15) is 42.4 Å². The molecule has 0 amide bonds. The maximum absolute atomic E-state index is 2.68. The Kier molecular flexibility index (Phi) is 5.63. The van der Waals surface area contributed by atoms with Crippen LogP contribution in [0, 0.1) is 0 Å². The van der Waals surface area contributed by atoms with Gasteiger partial charge in [-0.2, -0.15) is 0 Å². The number of hydrogen-bond donors (Lipinski definition) is 0. The van der Waals surface area contributed by atoms with Crippen LogP contribution in [0.4, 0.5) is 0 Å². The number of nitrogens with zero attached hydrogens (tertiary/aromatic N) is 1. The van der Waals surface area contributed by atoms with Gasteiger partial charge in [-0.3, -0.25) is 0 Å². The Balaban J connectivity index is 0.00000169. The summed E-state index contributed by atoms with van der Waals surface area (Å²) in [5.41, 5.74) is 5.25. The molecule has 2 aromatic rings. The van der Waals surface area contributed by atoms with Crippen LogP contribution in [0.2, 0.25) is 0 Å². The van der Waals surface area contributed by atoms with Crippen molar-refractivity contribution in [3.63, 3.8) is 0 Å². The molecule has 24 heavy (non-hydrogen) atoms. The smallest absolute Gasteiger partial charge is 0.00218 e. The van der Waals surface area contributed by atoms with Gasteiger partial charge < -0.3 is 4.90 Å². The van der Waals surface area contributed by atoms with Gasteiger partial charge in [-0.15, -0.1) is 12.4 Å². The van der Waals surface area contributed by atoms with Gasteiger partial charge in [0.05, 0.1) is 0 Å². The molecule has 128 valence electrons. The number of aryl methyl sites for hydroxylation is 1. The Morgan fingerprint density at radius 1 is 0.833 bits per heavy atom. The molecular weight excluding hydrogens is 314 g/mol. The summed E-state index contributed by atoms with van der Waals surface area (Å²) in [6.07, 6.45) is 7.94. The van der Waals surface area contributed by atoms with Crippen molar-refractivity contribution in [3.8, 4) is 0 Å². The molecule has 2 aromatic carbocycles. The largest absolute Gasteiger partial charge is 0.303 e. The molecule has 1 nitrogen and oxygen atoms in total. The highest BCUT2D eigenvalue weighted by molar-refractivity contribution is 5.85. The third kappa shape index (κ3) is 3.53. The van der Waals surface area contributed by atoms with Gasteiger partial charge in [0.2, 0.25) is 0 Å². The van der Waals surface area contributed by atoms with Crippen LogP contribution >= 0.6 is 12.4 Å². The van der Waals surface area contributed by atoms with E-state index in [9.17, 15) is 0 Å². The van der Waals surface area contributed by atoms with Crippen molar-refractivity contribution in [2.24, 2.45) is 0 Å². The third-order valence-electron chi connectivity index (χ3n) is 6.06. The highest BCUT2D eigenvalue weighted by atomic mass is 35.5. The molecule has 4 rings (SSSR count). The second-order valence-corrected chi connectivity index (χ2v) is 7.37. The molecule has 1 saturated heterocycles. The van der Waals surface area contributed by atoms with Crippen molar-refractivity contribution in [1.82, 2.24) is 4.90 Å². The van der Waals surface area contributed by atoms with E-state index in [1.807, 2.05) is 0 Å². The molecule has 2 aliphatic rings. The zero-order valence-corrected chi connectivity index (χ0v) is 15.2. The average molecular weight is 342 g/mol. The molecule has 2 heteroatoms. The van der Waals surface area contributed by atoms with E-state index in [0.717, 1.165) is 0 Å². The minimum absolute atomic E-state index is 0. The van der Waals surface area contributed by atoms with Gasteiger partial charge in [0.15, 0.2) is 0 Å². The maximum atomic E-state index is 2.68. The van der Waals surface area contributed by atoms with Crippen LogP contribution in [0.15, 0.2) is 54.6 Å². The molecular formula is C22H28ClN. The number of halogens is 1. The lowest BCUT2D eigenvalue weighted by Gasteiger charge is -2.45. The topological polar surface area (TPSA) is 3.24 Å². The van der Waals surface area contributed by atoms with Gasteiger partial charge in [-0.05, 0) is 73.7 Å². The van der Waals surface area contributed by atoms with Crippen LogP contribution in [-0.4, -0.2) is 24.5 Å². The van der Waals surface area contributed by atoms with Gasteiger partial charge in [0.1, 0.15) is 0 Å². The number of fused-ring (bicyclic) bond motifs is 2. The van der Waals surface area contributed by atoms with Crippen LogP contribution < -0.4 is 0 Å². The highest BCUT2D eigenvalue weighted by Crippen LogP contribution is 2.44. The molecule has 0 radical (unpaired) electrons. The first-order valence-corrected chi connectivity index (χ1v) is 9.20. The zero-order valence-electron chi connectivity index (χ0n) is 14.4. The normalized spacial score (nSPS) is 19.5. The van der Waals surface area contributed by atoms with Crippen molar-refractivity contribution in [2.45, 2.75) is 43.9 Å². The molecule has 0 saturated carbocycles. The average Bonchev–Trinajstić information content (AvgIpc) is 2.63. The summed E-state index contributed by atoms with van der Waals surface area (Å²) in [6, 6.07) is 20.1. The third-order valence-corrected chi connectivity index (χ3v) is 6.06. The van der Waals surface area contributed by atoms with Crippen LogP contribution in [0.25, 0.3) is 0 Å². The molecule has 1 aliphatic heterocycles. The van der Waals surface area contributed by atoms with E-state index in [0.29, 0.717) is 5.41 Å². The summed E-state index contributed by atoms with van der Waals surface area (Å²) in [6.45, 7) is 3.74. The first kappa shape index (κ1) is 17.5. The standard InChI is InChI=1S/C22H27N.ClH/c1-2-7-19(8-3-1)12-16-23-17-14-22(15-18-23)13-6-10-20-9-4-5-11-21(20)22;/h1-5,7-9,11H,6,10,12-18H2;1H. The monoisotopic (exact) mass is 341 g/mol. The van der Waals surface area contributed by atoms with E-state index in [1.54, 1.807) is 11.1 Å². The Hall–Kier alpha value is -1.31. The molecule has 1 spiro atoms. The maximum Gasteiger partial charge on any atom is 0.00218 e. The summed E-state index contributed by atoms with van der Waals surface area (Å²) in [5, 5.41) is 0. The lowest BCUT2D eigenvalue weighted by Crippen LogP contribution is -2.44. The minimum Gasteiger partial charge on any atom is -0.303 e. The molecule has 0 aromatic heterocycles. The van der Waals surface area contributed by atoms with Crippen molar-refractivity contribution in [2.75, 3.05) is 19.6 Å². The first-order valence-electron chi connectivity index (χ1n) is 9.20. The Bertz CT molecular complexity index is 644. The number of piperidine rings is 1. The summed E-state index contributed by atoms with van der Waals surface area (Å²) < 4.78 is 0. The van der Waals surface area contributed by atoms with Crippen molar-refractivity contribution in [3.05, 3.63) is 71.3 Å². The highest BCUT2D eigenvalue weighted by Gasteiger charge is 2.38. The number of benzene rings is 2. The van der Waals surface area contributed by atoms with E-state index in [1.165, 1.54) is 63.7 Å². The fourth-order valence-corrected chi connectivity index (χ4v) is 4.66. The fraction of sp³-hybridized carbons (Fsp3) is 0.455. The predicted octanol–water partition coefficient (Wildman–Crippen LogP) is 5.02. The molecule has 1 fully saturated rings. The predicted molar refractivity (Wildman–Crippen MR) is 104 cm³/mol. The van der Waals surface area contributed by atoms with E-state index >= 15 is 0 Å². The second-order valence-electron chi connectivity index (χ2n) is 7.37. The van der Waals surface area contributed by atoms with Gasteiger partial charge >= 0.3 is 0 Å². The van der Waals surface area contributed by atoms with Crippen molar-refractivity contribution >= 4 is 12.4 Å². The van der Waals surface area contributed by atoms with Crippen LogP contribution in [-0.2, 0) is 18.3 Å². The van der Waals surface area contributed by atoms with Gasteiger partial charge in [0.25, 0.3) is 0 Å². The Labute approximate surface area is 152 Å². The summed E-state index contributed by atoms with van der Waals surface area (Å²) in [4.78, 5) is 2.68. The SMILES string of the molecule is Cl.c1ccc(CCN2CCC3(CCCc4ccccc43)CC2)cc1. The van der Waals surface area contributed by atoms with Gasteiger partial charge in [0, 0.05) is 6.54 Å². The number of rotatable bonds is 3. The molecule has 0 unspecified atom stereocenters. The zero-order chi connectivity index (χ0) is 15.5. The first-order chi connectivity index (χ1) is 11.4. The Morgan fingerprint density at radius 2 is 1.54 bits per heavy atom. The molecule has 1 heterocycles. The van der Waals surface area contributed by atoms with E-state index in [2.05, 4.69) is 59.5 Å². The summed E-state index contributed by atoms with van der Waals surface area (Å²) >= 11 is 0. The molecule has 1 aliphatic carbocycles.